The summed E-state index contributed by atoms with van der Waals surface area (Å²) in [5.41, 5.74) is 6.64. The molecule has 0 saturated heterocycles. The van der Waals surface area contributed by atoms with E-state index in [1.807, 2.05) is 0 Å². The maximum Gasteiger partial charge on any atom is 0.338 e. The van der Waals surface area contributed by atoms with Crippen molar-refractivity contribution in [3.63, 3.8) is 0 Å². The second-order valence-electron chi connectivity index (χ2n) is 5.14. The molecular formula is C17H17ClF2N2O2. The summed E-state index contributed by atoms with van der Waals surface area (Å²) in [6, 6.07) is 5.59. The number of pyridine rings is 1. The minimum Gasteiger partial charge on any atom is -0.462 e. The average molecular weight is 355 g/mol. The van der Waals surface area contributed by atoms with E-state index >= 15 is 0 Å². The number of esters is 1. The monoisotopic (exact) mass is 354 g/mol. The maximum absolute atomic E-state index is 13.7. The van der Waals surface area contributed by atoms with Gasteiger partial charge in [-0.25, -0.2) is 4.79 Å². The minimum atomic E-state index is -3.01. The third kappa shape index (κ3) is 3.64. The largest absolute Gasteiger partial charge is 0.462 e. The van der Waals surface area contributed by atoms with Gasteiger partial charge >= 0.3 is 5.97 Å². The van der Waals surface area contributed by atoms with Crippen LogP contribution in [0.4, 0.5) is 14.5 Å². The fourth-order valence-corrected chi connectivity index (χ4v) is 2.57. The Balaban J connectivity index is 2.54. The lowest BCUT2D eigenvalue weighted by atomic mass is 9.99. The Kier molecular flexibility index (Phi) is 5.39. The van der Waals surface area contributed by atoms with Gasteiger partial charge in [0.15, 0.2) is 0 Å². The van der Waals surface area contributed by atoms with E-state index in [1.165, 1.54) is 37.4 Å². The standard InChI is InChI=1S/C17H17ClF2N2O2/c1-3-17(19,20)14-6-5-10(9-22-14)15-12(16(23)24-4-2)7-11(21)8-13(15)18/h5-9H,3-4,21H2,1-2H3. The Morgan fingerprint density at radius 3 is 2.58 bits per heavy atom. The number of nitrogens with two attached hydrogens (primary N) is 1. The number of nitrogens with zero attached hydrogens (tertiary/aromatic N) is 1. The number of nitrogen functional groups attached to an aromatic ring is 1. The van der Waals surface area contributed by atoms with Crippen LogP contribution in [0, 0.1) is 0 Å². The van der Waals surface area contributed by atoms with Crippen molar-refractivity contribution in [3.05, 3.63) is 46.7 Å². The second kappa shape index (κ2) is 7.13. The number of hydrogen-bond acceptors (Lipinski definition) is 4. The number of ether oxygens (including phenoxy) is 1. The van der Waals surface area contributed by atoms with Crippen molar-refractivity contribution < 1.29 is 18.3 Å². The summed E-state index contributed by atoms with van der Waals surface area (Å²) in [6.07, 6.45) is 0.912. The number of carbonyl (C=O) groups is 1. The molecular weight excluding hydrogens is 338 g/mol. The van der Waals surface area contributed by atoms with Crippen LogP contribution >= 0.6 is 11.6 Å². The van der Waals surface area contributed by atoms with Gasteiger partial charge in [0.05, 0.1) is 17.2 Å². The smallest absolute Gasteiger partial charge is 0.338 e. The molecule has 0 spiro atoms. The molecule has 0 amide bonds. The lowest BCUT2D eigenvalue weighted by Crippen LogP contribution is -2.13. The molecule has 4 nitrogen and oxygen atoms in total. The van der Waals surface area contributed by atoms with E-state index in [9.17, 15) is 13.6 Å². The summed E-state index contributed by atoms with van der Waals surface area (Å²) in [4.78, 5) is 16.0. The lowest BCUT2D eigenvalue weighted by Gasteiger charge is -2.15. The molecule has 1 heterocycles. The molecule has 0 aliphatic rings. The summed E-state index contributed by atoms with van der Waals surface area (Å²) < 4.78 is 32.4. The van der Waals surface area contributed by atoms with Crippen LogP contribution < -0.4 is 5.73 Å². The number of hydrogen-bond donors (Lipinski definition) is 1. The second-order valence-corrected chi connectivity index (χ2v) is 5.54. The highest BCUT2D eigenvalue weighted by Crippen LogP contribution is 2.36. The summed E-state index contributed by atoms with van der Waals surface area (Å²) in [7, 11) is 0. The van der Waals surface area contributed by atoms with Crippen LogP contribution in [-0.4, -0.2) is 17.6 Å². The first-order chi connectivity index (χ1) is 11.3. The number of carbonyl (C=O) groups excluding carboxylic acids is 1. The first-order valence-electron chi connectivity index (χ1n) is 7.41. The summed E-state index contributed by atoms with van der Waals surface area (Å²) >= 11 is 6.21. The van der Waals surface area contributed by atoms with Crippen LogP contribution in [0.1, 0.15) is 36.3 Å². The van der Waals surface area contributed by atoms with Gasteiger partial charge in [-0.2, -0.15) is 8.78 Å². The van der Waals surface area contributed by atoms with Crippen LogP contribution in [-0.2, 0) is 10.7 Å². The molecule has 2 aromatic rings. The average Bonchev–Trinajstić information content (AvgIpc) is 2.54. The van der Waals surface area contributed by atoms with Crippen molar-refractivity contribution in [1.82, 2.24) is 4.98 Å². The van der Waals surface area contributed by atoms with Gasteiger partial charge in [0.25, 0.3) is 5.92 Å². The SMILES string of the molecule is CCOC(=O)c1cc(N)cc(Cl)c1-c1ccc(C(F)(F)CC)nc1. The number of rotatable bonds is 5. The third-order valence-corrected chi connectivity index (χ3v) is 3.78. The number of aromatic nitrogens is 1. The molecule has 0 radical (unpaired) electrons. The molecule has 128 valence electrons. The first kappa shape index (κ1) is 18.1. The van der Waals surface area contributed by atoms with Crippen molar-refractivity contribution in [1.29, 1.82) is 0 Å². The number of anilines is 1. The van der Waals surface area contributed by atoms with E-state index < -0.39 is 11.9 Å². The van der Waals surface area contributed by atoms with E-state index in [0.717, 1.165) is 0 Å². The van der Waals surface area contributed by atoms with Gasteiger partial charge in [0.2, 0.25) is 0 Å². The highest BCUT2D eigenvalue weighted by Gasteiger charge is 2.30. The zero-order valence-electron chi connectivity index (χ0n) is 13.3. The van der Waals surface area contributed by atoms with Gasteiger partial charge in [-0.3, -0.25) is 4.98 Å². The summed E-state index contributed by atoms with van der Waals surface area (Å²) in [5.74, 6) is -3.60. The predicted molar refractivity (Wildman–Crippen MR) is 89.2 cm³/mol. The quantitative estimate of drug-likeness (QED) is 0.626. The zero-order chi connectivity index (χ0) is 17.9. The van der Waals surface area contributed by atoms with Crippen molar-refractivity contribution in [3.8, 4) is 11.1 Å². The molecule has 0 fully saturated rings. The Hall–Kier alpha value is -2.21. The molecule has 0 aliphatic carbocycles. The third-order valence-electron chi connectivity index (χ3n) is 3.48. The fraction of sp³-hybridized carbons (Fsp3) is 0.294. The Morgan fingerprint density at radius 2 is 2.04 bits per heavy atom. The van der Waals surface area contributed by atoms with Gasteiger partial charge < -0.3 is 10.5 Å². The molecule has 2 rings (SSSR count). The zero-order valence-corrected chi connectivity index (χ0v) is 14.0. The van der Waals surface area contributed by atoms with Gasteiger partial charge in [0, 0.05) is 29.4 Å². The molecule has 24 heavy (non-hydrogen) atoms. The molecule has 0 unspecified atom stereocenters. The van der Waals surface area contributed by atoms with E-state index in [4.69, 9.17) is 22.1 Å². The molecule has 0 atom stereocenters. The Bertz CT molecular complexity index is 749. The molecule has 2 N–H and O–H groups in total. The fourth-order valence-electron chi connectivity index (χ4n) is 2.23. The molecule has 7 heteroatoms. The van der Waals surface area contributed by atoms with E-state index in [-0.39, 0.29) is 29.3 Å². The molecule has 1 aromatic carbocycles. The number of benzene rings is 1. The molecule has 0 bridgehead atoms. The van der Waals surface area contributed by atoms with Gasteiger partial charge in [-0.1, -0.05) is 24.6 Å². The summed E-state index contributed by atoms with van der Waals surface area (Å²) in [5, 5.41) is 0.217. The molecule has 0 saturated carbocycles. The van der Waals surface area contributed by atoms with Gasteiger partial charge in [0.1, 0.15) is 5.69 Å². The van der Waals surface area contributed by atoms with E-state index in [2.05, 4.69) is 4.98 Å². The summed E-state index contributed by atoms with van der Waals surface area (Å²) in [6.45, 7) is 3.24. The Morgan fingerprint density at radius 1 is 1.33 bits per heavy atom. The van der Waals surface area contributed by atoms with E-state index in [1.54, 1.807) is 6.92 Å². The molecule has 1 aromatic heterocycles. The van der Waals surface area contributed by atoms with Gasteiger partial charge in [-0.05, 0) is 25.1 Å². The Labute approximate surface area is 143 Å². The van der Waals surface area contributed by atoms with Crippen molar-refractivity contribution in [2.45, 2.75) is 26.2 Å². The normalized spacial score (nSPS) is 11.4. The molecule has 0 aliphatic heterocycles. The first-order valence-corrected chi connectivity index (χ1v) is 7.78. The number of halogens is 3. The van der Waals surface area contributed by atoms with Crippen molar-refractivity contribution in [2.24, 2.45) is 0 Å². The minimum absolute atomic E-state index is 0.165. The lowest BCUT2D eigenvalue weighted by molar-refractivity contribution is -0.0127. The number of alkyl halides is 2. The highest BCUT2D eigenvalue weighted by molar-refractivity contribution is 6.34. The van der Waals surface area contributed by atoms with Crippen LogP contribution in [0.25, 0.3) is 11.1 Å². The maximum atomic E-state index is 13.7. The van der Waals surface area contributed by atoms with Crippen LogP contribution in [0.2, 0.25) is 5.02 Å². The van der Waals surface area contributed by atoms with E-state index in [0.29, 0.717) is 16.8 Å². The van der Waals surface area contributed by atoms with Crippen LogP contribution in [0.15, 0.2) is 30.5 Å². The van der Waals surface area contributed by atoms with Gasteiger partial charge in [-0.15, -0.1) is 0 Å². The predicted octanol–water partition coefficient (Wildman–Crippen LogP) is 4.66. The van der Waals surface area contributed by atoms with Crippen molar-refractivity contribution >= 4 is 23.3 Å². The van der Waals surface area contributed by atoms with Crippen molar-refractivity contribution in [2.75, 3.05) is 12.3 Å². The highest BCUT2D eigenvalue weighted by atomic mass is 35.5. The van der Waals surface area contributed by atoms with Crippen LogP contribution in [0.3, 0.4) is 0 Å². The van der Waals surface area contributed by atoms with Crippen LogP contribution in [0.5, 0.6) is 0 Å². The topological polar surface area (TPSA) is 65.2 Å².